The van der Waals surface area contributed by atoms with E-state index in [0.29, 0.717) is 22.9 Å². The van der Waals surface area contributed by atoms with Gasteiger partial charge in [-0.15, -0.1) is 0 Å². The fraction of sp³-hybridized carbons (Fsp3) is 1.00. The molecule has 0 bridgehead atoms. The van der Waals surface area contributed by atoms with Crippen LogP contribution in [-0.2, 0) is 9.16 Å². The largest absolute Gasteiger partial charge is 0.406 e. The first kappa shape index (κ1) is 10.6. The molecule has 2 saturated heterocycles. The molecule has 2 aliphatic heterocycles. The van der Waals surface area contributed by atoms with Gasteiger partial charge in [-0.25, -0.2) is 0 Å². The van der Waals surface area contributed by atoms with E-state index in [9.17, 15) is 0 Å². The summed E-state index contributed by atoms with van der Waals surface area (Å²) in [6.45, 7) is 13.5. The monoisotopic (exact) mass is 214 g/mol. The number of ether oxygens (including phenoxy) is 1. The molecule has 0 unspecified atom stereocenters. The normalized spacial score (nSPS) is 37.7. The molecule has 2 nitrogen and oxygen atoms in total. The highest BCUT2D eigenvalue weighted by Gasteiger charge is 2.73. The fourth-order valence-corrected chi connectivity index (χ4v) is 8.61. The molecule has 82 valence electrons. The van der Waals surface area contributed by atoms with Gasteiger partial charge in [-0.2, -0.15) is 0 Å². The first-order valence-electron chi connectivity index (χ1n) is 5.68. The number of epoxide rings is 1. The van der Waals surface area contributed by atoms with Crippen molar-refractivity contribution in [1.29, 1.82) is 0 Å². The molecule has 0 radical (unpaired) electrons. The zero-order valence-electron chi connectivity index (χ0n) is 10.1. The lowest BCUT2D eigenvalue weighted by molar-refractivity contribution is 0.0556. The minimum atomic E-state index is -1.67. The average Bonchev–Trinajstić information content (AvgIpc) is 2.74. The molecule has 0 amide bonds. The number of hydrogen-bond acceptors (Lipinski definition) is 2. The maximum absolute atomic E-state index is 6.44. The molecule has 3 heteroatoms. The third kappa shape index (κ3) is 1.15. The van der Waals surface area contributed by atoms with Crippen LogP contribution >= 0.6 is 0 Å². The molecule has 0 aromatic rings. The first-order chi connectivity index (χ1) is 6.32. The quantitative estimate of drug-likeness (QED) is 0.521. The van der Waals surface area contributed by atoms with Crippen molar-refractivity contribution in [2.45, 2.75) is 70.1 Å². The maximum Gasteiger partial charge on any atom is 0.230 e. The van der Waals surface area contributed by atoms with E-state index in [1.54, 1.807) is 0 Å². The number of rotatable bonds is 2. The predicted molar refractivity (Wildman–Crippen MR) is 59.8 cm³/mol. The lowest BCUT2D eigenvalue weighted by atomic mass is 10.1. The second-order valence-corrected chi connectivity index (χ2v) is 10.6. The lowest BCUT2D eigenvalue weighted by Crippen LogP contribution is -2.50. The van der Waals surface area contributed by atoms with Crippen LogP contribution in [0.4, 0.5) is 0 Å². The summed E-state index contributed by atoms with van der Waals surface area (Å²) in [6, 6.07) is 0. The summed E-state index contributed by atoms with van der Waals surface area (Å²) in [5, 5.41) is 0. The predicted octanol–water partition coefficient (Wildman–Crippen LogP) is 2.87. The van der Waals surface area contributed by atoms with Gasteiger partial charge in [0.1, 0.15) is 11.8 Å². The van der Waals surface area contributed by atoms with Gasteiger partial charge in [0.15, 0.2) is 0 Å². The highest BCUT2D eigenvalue weighted by Crippen LogP contribution is 2.57. The van der Waals surface area contributed by atoms with Gasteiger partial charge in [-0.05, 0) is 24.9 Å². The molecule has 2 aliphatic rings. The summed E-state index contributed by atoms with van der Waals surface area (Å²) in [5.41, 5.74) is 1.74. The molecule has 0 aromatic heterocycles. The molecule has 0 N–H and O–H groups in total. The van der Waals surface area contributed by atoms with E-state index in [-0.39, 0.29) is 5.60 Å². The maximum atomic E-state index is 6.44. The summed E-state index contributed by atoms with van der Waals surface area (Å²) >= 11 is 0. The topological polar surface area (TPSA) is 21.8 Å². The van der Waals surface area contributed by atoms with E-state index in [2.05, 4.69) is 41.5 Å². The van der Waals surface area contributed by atoms with Crippen molar-refractivity contribution in [2.75, 3.05) is 0 Å². The Hall–Kier alpha value is 0.137. The van der Waals surface area contributed by atoms with Gasteiger partial charge in [0, 0.05) is 0 Å². The van der Waals surface area contributed by atoms with E-state index in [1.165, 1.54) is 0 Å². The van der Waals surface area contributed by atoms with Crippen LogP contribution in [0.2, 0.25) is 11.1 Å². The fourth-order valence-electron chi connectivity index (χ4n) is 3.12. The average molecular weight is 214 g/mol. The Balaban J connectivity index is 2.31. The molecule has 2 heterocycles. The van der Waals surface area contributed by atoms with Crippen molar-refractivity contribution >= 4 is 8.32 Å². The number of hydrogen-bond donors (Lipinski definition) is 0. The van der Waals surface area contributed by atoms with Crippen molar-refractivity contribution in [3.05, 3.63) is 0 Å². The molecular weight excluding hydrogens is 192 g/mol. The highest BCUT2D eigenvalue weighted by atomic mass is 28.4. The Kier molecular flexibility index (Phi) is 2.15. The van der Waals surface area contributed by atoms with E-state index < -0.39 is 8.32 Å². The van der Waals surface area contributed by atoms with Crippen LogP contribution in [0.3, 0.4) is 0 Å². The summed E-state index contributed by atoms with van der Waals surface area (Å²) in [7, 11) is -1.67. The molecule has 0 spiro atoms. The van der Waals surface area contributed by atoms with Gasteiger partial charge in [-0.3, -0.25) is 0 Å². The minimum Gasteiger partial charge on any atom is -0.406 e. The molecule has 0 aromatic carbocycles. The SMILES string of the molecule is CC(C)[Si]1(C(C)C)OC(C)(C)[C@@H]2O[C@@H]21. The van der Waals surface area contributed by atoms with E-state index in [1.807, 2.05) is 0 Å². The van der Waals surface area contributed by atoms with Crippen LogP contribution in [0.25, 0.3) is 0 Å². The second-order valence-electron chi connectivity index (χ2n) is 5.85. The molecule has 0 saturated carbocycles. The van der Waals surface area contributed by atoms with Crippen molar-refractivity contribution in [3.63, 3.8) is 0 Å². The van der Waals surface area contributed by atoms with Gasteiger partial charge in [-0.1, -0.05) is 27.7 Å². The van der Waals surface area contributed by atoms with Gasteiger partial charge in [0.05, 0.1) is 5.60 Å². The lowest BCUT2D eigenvalue weighted by Gasteiger charge is -2.38. The van der Waals surface area contributed by atoms with Crippen LogP contribution in [0, 0.1) is 0 Å². The highest BCUT2D eigenvalue weighted by molar-refractivity contribution is 6.79. The Morgan fingerprint density at radius 1 is 1.07 bits per heavy atom. The first-order valence-corrected chi connectivity index (χ1v) is 7.82. The second kappa shape index (κ2) is 2.83. The zero-order chi connectivity index (χ0) is 10.7. The molecule has 14 heavy (non-hydrogen) atoms. The Bertz CT molecular complexity index is 240. The summed E-state index contributed by atoms with van der Waals surface area (Å²) in [6.07, 6.45) is 0.388. The van der Waals surface area contributed by atoms with Crippen LogP contribution in [0.5, 0.6) is 0 Å². The summed E-state index contributed by atoms with van der Waals surface area (Å²) in [5.74, 6) is 0. The Labute approximate surface area is 88.1 Å². The van der Waals surface area contributed by atoms with Crippen molar-refractivity contribution < 1.29 is 9.16 Å². The minimum absolute atomic E-state index is 0.0363. The molecule has 2 atom stereocenters. The molecule has 2 fully saturated rings. The standard InChI is InChI=1S/C11H22O2Si/c1-7(2)14(8(3)4)10-9(12-10)11(5,6)13-14/h7-10H,1-6H3/t9-,10-/m1/s1. The smallest absolute Gasteiger partial charge is 0.230 e. The van der Waals surface area contributed by atoms with Crippen LogP contribution in [-0.4, -0.2) is 25.7 Å². The molecule has 0 aliphatic carbocycles. The Morgan fingerprint density at radius 3 is 1.71 bits per heavy atom. The van der Waals surface area contributed by atoms with Crippen molar-refractivity contribution in [3.8, 4) is 0 Å². The van der Waals surface area contributed by atoms with Gasteiger partial charge in [0.25, 0.3) is 0 Å². The molecular formula is C11H22O2Si. The van der Waals surface area contributed by atoms with E-state index in [0.717, 1.165) is 0 Å². The summed E-state index contributed by atoms with van der Waals surface area (Å²) in [4.78, 5) is 0. The molecule has 2 rings (SSSR count). The van der Waals surface area contributed by atoms with Gasteiger partial charge < -0.3 is 9.16 Å². The van der Waals surface area contributed by atoms with Gasteiger partial charge in [0.2, 0.25) is 8.32 Å². The van der Waals surface area contributed by atoms with Crippen LogP contribution in [0.1, 0.15) is 41.5 Å². The van der Waals surface area contributed by atoms with Gasteiger partial charge >= 0.3 is 0 Å². The van der Waals surface area contributed by atoms with E-state index >= 15 is 0 Å². The van der Waals surface area contributed by atoms with E-state index in [4.69, 9.17) is 9.16 Å². The van der Waals surface area contributed by atoms with Crippen LogP contribution in [0.15, 0.2) is 0 Å². The number of fused-ring (bicyclic) bond motifs is 1. The Morgan fingerprint density at radius 2 is 1.57 bits per heavy atom. The summed E-state index contributed by atoms with van der Waals surface area (Å²) < 4.78 is 12.3. The van der Waals surface area contributed by atoms with Crippen molar-refractivity contribution in [1.82, 2.24) is 0 Å². The van der Waals surface area contributed by atoms with Crippen LogP contribution < -0.4 is 0 Å². The van der Waals surface area contributed by atoms with Crippen molar-refractivity contribution in [2.24, 2.45) is 0 Å². The third-order valence-electron chi connectivity index (χ3n) is 3.87. The third-order valence-corrected chi connectivity index (χ3v) is 9.68. The zero-order valence-corrected chi connectivity index (χ0v) is 11.1.